The fourth-order valence-electron chi connectivity index (χ4n) is 3.05. The molecule has 1 aromatic rings. The van der Waals surface area contributed by atoms with Gasteiger partial charge in [0.1, 0.15) is 0 Å². The lowest BCUT2D eigenvalue weighted by molar-refractivity contribution is 0.220. The van der Waals surface area contributed by atoms with Crippen molar-refractivity contribution in [1.82, 2.24) is 4.90 Å². The zero-order valence-corrected chi connectivity index (χ0v) is 12.9. The fraction of sp³-hybridized carbons (Fsp3) is 0.625. The van der Waals surface area contributed by atoms with Crippen molar-refractivity contribution in [3.8, 4) is 11.5 Å². The first-order valence-electron chi connectivity index (χ1n) is 7.28. The molecule has 0 amide bonds. The molecule has 2 atom stereocenters. The molecule has 1 heterocycles. The molecule has 0 aromatic heterocycles. The van der Waals surface area contributed by atoms with Crippen molar-refractivity contribution < 1.29 is 9.47 Å². The number of nitrogens with two attached hydrogens (primary N) is 1. The van der Waals surface area contributed by atoms with E-state index in [4.69, 9.17) is 15.2 Å². The summed E-state index contributed by atoms with van der Waals surface area (Å²) in [5.41, 5.74) is 7.54. The Morgan fingerprint density at radius 3 is 2.55 bits per heavy atom. The van der Waals surface area contributed by atoms with E-state index >= 15 is 0 Å². The molecule has 0 aliphatic carbocycles. The van der Waals surface area contributed by atoms with Gasteiger partial charge in [0.15, 0.2) is 11.5 Å². The quantitative estimate of drug-likeness (QED) is 0.898. The molecular formula is C16H26N2O2. The van der Waals surface area contributed by atoms with E-state index in [1.54, 1.807) is 14.2 Å². The highest BCUT2D eigenvalue weighted by Gasteiger charge is 2.33. The van der Waals surface area contributed by atoms with Crippen molar-refractivity contribution in [3.63, 3.8) is 0 Å². The number of methoxy groups -OCH3 is 2. The summed E-state index contributed by atoms with van der Waals surface area (Å²) in [6, 6.07) is 6.59. The molecule has 1 fully saturated rings. The van der Waals surface area contributed by atoms with Crippen LogP contribution < -0.4 is 15.2 Å². The van der Waals surface area contributed by atoms with Gasteiger partial charge in [0.25, 0.3) is 0 Å². The molecule has 0 radical (unpaired) electrons. The third-order valence-corrected chi connectivity index (χ3v) is 3.90. The normalized spacial score (nSPS) is 23.3. The number of hydrogen-bond acceptors (Lipinski definition) is 4. The van der Waals surface area contributed by atoms with Gasteiger partial charge in [0.2, 0.25) is 0 Å². The van der Waals surface area contributed by atoms with E-state index in [0.717, 1.165) is 31.0 Å². The molecule has 2 N–H and O–H groups in total. The molecule has 2 rings (SSSR count). The Bertz CT molecular complexity index is 448. The van der Waals surface area contributed by atoms with E-state index in [1.807, 2.05) is 6.07 Å². The zero-order chi connectivity index (χ0) is 14.7. The van der Waals surface area contributed by atoms with Crippen LogP contribution in [0.25, 0.3) is 0 Å². The number of rotatable bonds is 5. The predicted molar refractivity (Wildman–Crippen MR) is 81.3 cm³/mol. The molecule has 2 unspecified atom stereocenters. The van der Waals surface area contributed by atoms with Crippen LogP contribution in [0, 0.1) is 5.92 Å². The summed E-state index contributed by atoms with van der Waals surface area (Å²) in [4.78, 5) is 2.48. The Hall–Kier alpha value is -1.26. The standard InChI is InChI=1S/C16H26N2O2/c1-11(2)10-18-8-7-13(17)16(18)12-5-6-14(19-3)15(9-12)20-4/h5-6,9,11,13,16H,7-8,10,17H2,1-4H3. The van der Waals surface area contributed by atoms with Crippen LogP contribution in [0.2, 0.25) is 0 Å². The van der Waals surface area contributed by atoms with Crippen molar-refractivity contribution in [3.05, 3.63) is 23.8 Å². The molecule has 1 aromatic carbocycles. The molecule has 20 heavy (non-hydrogen) atoms. The maximum absolute atomic E-state index is 6.33. The first-order valence-corrected chi connectivity index (χ1v) is 7.28. The molecule has 0 bridgehead atoms. The van der Waals surface area contributed by atoms with Gasteiger partial charge in [0, 0.05) is 19.1 Å². The minimum Gasteiger partial charge on any atom is -0.493 e. The molecule has 1 aliphatic heterocycles. The zero-order valence-electron chi connectivity index (χ0n) is 12.9. The highest BCUT2D eigenvalue weighted by Crippen LogP contribution is 2.36. The lowest BCUT2D eigenvalue weighted by Gasteiger charge is -2.29. The Morgan fingerprint density at radius 2 is 1.95 bits per heavy atom. The van der Waals surface area contributed by atoms with Crippen LogP contribution in [0.1, 0.15) is 31.9 Å². The highest BCUT2D eigenvalue weighted by atomic mass is 16.5. The average molecular weight is 278 g/mol. The van der Waals surface area contributed by atoms with Crippen LogP contribution in [0.15, 0.2) is 18.2 Å². The van der Waals surface area contributed by atoms with Crippen molar-refractivity contribution >= 4 is 0 Å². The van der Waals surface area contributed by atoms with Gasteiger partial charge in [-0.25, -0.2) is 0 Å². The van der Waals surface area contributed by atoms with E-state index in [2.05, 4.69) is 30.9 Å². The predicted octanol–water partition coefficient (Wildman–Crippen LogP) is 2.43. The van der Waals surface area contributed by atoms with Crippen molar-refractivity contribution in [2.24, 2.45) is 11.7 Å². The van der Waals surface area contributed by atoms with Crippen LogP contribution in [0.3, 0.4) is 0 Å². The number of hydrogen-bond donors (Lipinski definition) is 1. The van der Waals surface area contributed by atoms with Gasteiger partial charge in [-0.15, -0.1) is 0 Å². The lowest BCUT2D eigenvalue weighted by atomic mass is 9.99. The largest absolute Gasteiger partial charge is 0.493 e. The topological polar surface area (TPSA) is 47.7 Å². The Morgan fingerprint density at radius 1 is 1.25 bits per heavy atom. The van der Waals surface area contributed by atoms with Gasteiger partial charge >= 0.3 is 0 Å². The second-order valence-corrected chi connectivity index (χ2v) is 5.90. The first kappa shape index (κ1) is 15.1. The first-order chi connectivity index (χ1) is 9.56. The SMILES string of the molecule is COc1ccc(C2C(N)CCN2CC(C)C)cc1OC. The average Bonchev–Trinajstić information content (AvgIpc) is 2.78. The van der Waals surface area contributed by atoms with Crippen LogP contribution in [0.4, 0.5) is 0 Å². The third-order valence-electron chi connectivity index (χ3n) is 3.90. The van der Waals surface area contributed by atoms with Crippen LogP contribution >= 0.6 is 0 Å². The van der Waals surface area contributed by atoms with Gasteiger partial charge < -0.3 is 15.2 Å². The van der Waals surface area contributed by atoms with E-state index in [9.17, 15) is 0 Å². The summed E-state index contributed by atoms with van der Waals surface area (Å²) in [5.74, 6) is 2.18. The summed E-state index contributed by atoms with van der Waals surface area (Å²) in [5, 5.41) is 0. The maximum Gasteiger partial charge on any atom is 0.161 e. The van der Waals surface area contributed by atoms with Gasteiger partial charge in [-0.05, 0) is 30.0 Å². The summed E-state index contributed by atoms with van der Waals surface area (Å²) < 4.78 is 10.7. The van der Waals surface area contributed by atoms with Gasteiger partial charge in [-0.3, -0.25) is 4.90 Å². The van der Waals surface area contributed by atoms with E-state index < -0.39 is 0 Å². The summed E-state index contributed by atoms with van der Waals surface area (Å²) in [6.45, 7) is 6.64. The summed E-state index contributed by atoms with van der Waals surface area (Å²) in [6.07, 6.45) is 1.05. The van der Waals surface area contributed by atoms with E-state index in [-0.39, 0.29) is 12.1 Å². The second-order valence-electron chi connectivity index (χ2n) is 5.90. The van der Waals surface area contributed by atoms with Crippen LogP contribution in [-0.4, -0.2) is 38.3 Å². The van der Waals surface area contributed by atoms with Crippen LogP contribution in [0.5, 0.6) is 11.5 Å². The second kappa shape index (κ2) is 6.46. The van der Waals surface area contributed by atoms with Gasteiger partial charge in [0.05, 0.1) is 20.3 Å². The highest BCUT2D eigenvalue weighted by molar-refractivity contribution is 5.44. The number of benzene rings is 1. The number of likely N-dealkylation sites (tertiary alicyclic amines) is 1. The fourth-order valence-corrected chi connectivity index (χ4v) is 3.05. The van der Waals surface area contributed by atoms with E-state index in [0.29, 0.717) is 5.92 Å². The Kier molecular flexibility index (Phi) is 4.89. The minimum atomic E-state index is 0.187. The molecule has 4 heteroatoms. The maximum atomic E-state index is 6.33. The molecule has 112 valence electrons. The Balaban J connectivity index is 2.28. The van der Waals surface area contributed by atoms with Gasteiger partial charge in [-0.1, -0.05) is 19.9 Å². The van der Waals surface area contributed by atoms with Crippen LogP contribution in [-0.2, 0) is 0 Å². The molecular weight excluding hydrogens is 252 g/mol. The smallest absolute Gasteiger partial charge is 0.161 e. The molecule has 1 saturated heterocycles. The minimum absolute atomic E-state index is 0.187. The number of nitrogens with zero attached hydrogens (tertiary/aromatic N) is 1. The molecule has 4 nitrogen and oxygen atoms in total. The van der Waals surface area contributed by atoms with Crippen molar-refractivity contribution in [1.29, 1.82) is 0 Å². The van der Waals surface area contributed by atoms with Crippen molar-refractivity contribution in [2.45, 2.75) is 32.4 Å². The van der Waals surface area contributed by atoms with Crippen molar-refractivity contribution in [2.75, 3.05) is 27.3 Å². The monoisotopic (exact) mass is 278 g/mol. The summed E-state index contributed by atoms with van der Waals surface area (Å²) >= 11 is 0. The van der Waals surface area contributed by atoms with Gasteiger partial charge in [-0.2, -0.15) is 0 Å². The summed E-state index contributed by atoms with van der Waals surface area (Å²) in [7, 11) is 3.33. The molecule has 0 spiro atoms. The number of ether oxygens (including phenoxy) is 2. The lowest BCUT2D eigenvalue weighted by Crippen LogP contribution is -2.33. The molecule has 0 saturated carbocycles. The Labute approximate surface area is 121 Å². The third kappa shape index (κ3) is 3.07. The van der Waals surface area contributed by atoms with E-state index in [1.165, 1.54) is 5.56 Å². The molecule has 1 aliphatic rings.